The summed E-state index contributed by atoms with van der Waals surface area (Å²) in [5, 5.41) is 23.7. The summed E-state index contributed by atoms with van der Waals surface area (Å²) < 4.78 is 24.3. The van der Waals surface area contributed by atoms with E-state index < -0.39 is 35.0 Å². The topological polar surface area (TPSA) is 85.8 Å². The van der Waals surface area contributed by atoms with E-state index in [1.807, 2.05) is 37.2 Å². The molecular weight excluding hydrogens is 471 g/mol. The smallest absolute Gasteiger partial charge is 0.255 e. The molecule has 37 heavy (non-hydrogen) atoms. The van der Waals surface area contributed by atoms with Gasteiger partial charge in [0.05, 0.1) is 17.8 Å². The van der Waals surface area contributed by atoms with Crippen molar-refractivity contribution in [2.24, 2.45) is 17.3 Å². The van der Waals surface area contributed by atoms with E-state index in [-0.39, 0.29) is 29.4 Å². The number of hydrogen-bond acceptors (Lipinski definition) is 5. The number of rotatable bonds is 2. The standard InChI is InChI=1S/C30H37FN2O4/c1-27-9-11-29(31)15-21-24(34)25(35)22(33(2)3)16-28(21)10-12-30(29,37-28)23(27)7-6-20(27)18-5-4-17-8-13-32-26(36)19(17)14-18/h4-6,8,13-14,21-25,34-35H,7,9-12,15-16H2,1-3H3,(H,32,36). The third kappa shape index (κ3) is 2.92. The molecule has 4 fully saturated rings. The molecule has 2 aliphatic heterocycles. The van der Waals surface area contributed by atoms with Crippen molar-refractivity contribution in [1.82, 2.24) is 9.88 Å². The number of pyridine rings is 1. The minimum atomic E-state index is -1.53. The summed E-state index contributed by atoms with van der Waals surface area (Å²) in [5.41, 5.74) is -1.19. The molecule has 2 saturated heterocycles. The lowest BCUT2D eigenvalue weighted by molar-refractivity contribution is -0.314. The number of ether oxygens (including phenoxy) is 1. The summed E-state index contributed by atoms with van der Waals surface area (Å²) in [6, 6.07) is 7.75. The molecule has 0 amide bonds. The molecule has 2 bridgehead atoms. The van der Waals surface area contributed by atoms with Crippen molar-refractivity contribution >= 4 is 16.3 Å². The summed E-state index contributed by atoms with van der Waals surface area (Å²) in [4.78, 5) is 17.3. The summed E-state index contributed by atoms with van der Waals surface area (Å²) in [6.07, 6.45) is 6.04. The highest BCUT2D eigenvalue weighted by atomic mass is 19.1. The molecule has 0 radical (unpaired) electrons. The number of aliphatic hydroxyl groups excluding tert-OH is 2. The SMILES string of the molecule is CN(C)C1CC23CCC4(O2)C2CC=C(c5ccc6cc[nH]c(=O)c6c5)C2(C)CCC4(F)CC3C(O)C1O. The molecule has 1 aromatic heterocycles. The maximum atomic E-state index is 17.2. The van der Waals surface area contributed by atoms with Crippen LogP contribution in [0.2, 0.25) is 0 Å². The van der Waals surface area contributed by atoms with Gasteiger partial charge in [0.1, 0.15) is 11.3 Å². The number of H-pyrrole nitrogens is 1. The number of nitrogens with one attached hydrogen (secondary N) is 1. The number of aromatic nitrogens is 1. The average molecular weight is 509 g/mol. The summed E-state index contributed by atoms with van der Waals surface area (Å²) in [7, 11) is 3.84. The fourth-order valence-corrected chi connectivity index (χ4v) is 9.36. The Morgan fingerprint density at radius 1 is 1.08 bits per heavy atom. The fraction of sp³-hybridized carbons (Fsp3) is 0.633. The number of likely N-dealkylation sites (N-methyl/N-ethyl adjacent to an activating group) is 1. The minimum Gasteiger partial charge on any atom is -0.390 e. The van der Waals surface area contributed by atoms with Crippen molar-refractivity contribution in [3.63, 3.8) is 0 Å². The first-order valence-electron chi connectivity index (χ1n) is 13.8. The van der Waals surface area contributed by atoms with Crippen LogP contribution >= 0.6 is 0 Å². The van der Waals surface area contributed by atoms with Crippen LogP contribution in [0.15, 0.2) is 41.3 Å². The van der Waals surface area contributed by atoms with E-state index in [0.29, 0.717) is 37.5 Å². The number of aliphatic hydroxyl groups is 2. The van der Waals surface area contributed by atoms with E-state index >= 15 is 4.39 Å². The Morgan fingerprint density at radius 2 is 1.89 bits per heavy atom. The Bertz CT molecular complexity index is 1370. The normalized spacial score (nSPS) is 46.5. The number of benzene rings is 1. The van der Waals surface area contributed by atoms with Gasteiger partial charge in [0.2, 0.25) is 0 Å². The molecular formula is C30H37FN2O4. The molecule has 5 aliphatic rings. The summed E-state index contributed by atoms with van der Waals surface area (Å²) in [6.45, 7) is 2.26. The van der Waals surface area contributed by atoms with Gasteiger partial charge in [-0.3, -0.25) is 4.79 Å². The molecule has 7 heteroatoms. The van der Waals surface area contributed by atoms with E-state index in [1.165, 1.54) is 5.57 Å². The monoisotopic (exact) mass is 508 g/mol. The molecule has 2 aromatic rings. The van der Waals surface area contributed by atoms with Crippen LogP contribution in [0, 0.1) is 17.3 Å². The third-order valence-electron chi connectivity index (χ3n) is 11.3. The van der Waals surface area contributed by atoms with Gasteiger partial charge in [0.25, 0.3) is 5.56 Å². The zero-order valence-corrected chi connectivity index (χ0v) is 21.8. The van der Waals surface area contributed by atoms with Crippen molar-refractivity contribution in [2.75, 3.05) is 14.1 Å². The van der Waals surface area contributed by atoms with E-state index in [2.05, 4.69) is 24.1 Å². The average Bonchev–Trinajstić information content (AvgIpc) is 3.40. The van der Waals surface area contributed by atoms with Crippen molar-refractivity contribution in [2.45, 2.75) is 87.0 Å². The van der Waals surface area contributed by atoms with Crippen LogP contribution in [-0.2, 0) is 4.74 Å². The second-order valence-corrected chi connectivity index (χ2v) is 13.0. The predicted molar refractivity (Wildman–Crippen MR) is 140 cm³/mol. The Hall–Kier alpha value is -2.06. The number of aromatic amines is 1. The molecule has 3 N–H and O–H groups in total. The van der Waals surface area contributed by atoms with Gasteiger partial charge >= 0.3 is 0 Å². The van der Waals surface area contributed by atoms with Crippen LogP contribution in [0.25, 0.3) is 16.3 Å². The first kappa shape index (κ1) is 24.0. The molecule has 3 aliphatic carbocycles. The van der Waals surface area contributed by atoms with Gasteiger partial charge in [-0.25, -0.2) is 4.39 Å². The van der Waals surface area contributed by atoms with Crippen molar-refractivity contribution < 1.29 is 19.3 Å². The molecule has 2 spiro atoms. The lowest BCUT2D eigenvalue weighted by Gasteiger charge is -2.64. The van der Waals surface area contributed by atoms with Gasteiger partial charge < -0.3 is 24.8 Å². The second-order valence-electron chi connectivity index (χ2n) is 13.0. The van der Waals surface area contributed by atoms with E-state index in [9.17, 15) is 15.0 Å². The highest BCUT2D eigenvalue weighted by molar-refractivity contribution is 5.86. The van der Waals surface area contributed by atoms with Gasteiger partial charge in [0, 0.05) is 29.5 Å². The van der Waals surface area contributed by atoms with Crippen LogP contribution in [0.1, 0.15) is 57.4 Å². The molecule has 6 nitrogen and oxygen atoms in total. The summed E-state index contributed by atoms with van der Waals surface area (Å²) in [5.74, 6) is -0.412. The van der Waals surface area contributed by atoms with Gasteiger partial charge in [-0.05, 0) is 93.1 Å². The van der Waals surface area contributed by atoms with Gasteiger partial charge in [-0.2, -0.15) is 0 Å². The van der Waals surface area contributed by atoms with E-state index in [1.54, 1.807) is 6.20 Å². The summed E-state index contributed by atoms with van der Waals surface area (Å²) >= 11 is 0. The van der Waals surface area contributed by atoms with Gasteiger partial charge in [-0.1, -0.05) is 25.1 Å². The molecule has 198 valence electrons. The van der Waals surface area contributed by atoms with Crippen molar-refractivity contribution in [3.05, 3.63) is 52.5 Å². The van der Waals surface area contributed by atoms with Crippen molar-refractivity contribution in [3.8, 4) is 0 Å². The van der Waals surface area contributed by atoms with Crippen LogP contribution in [-0.4, -0.2) is 69.3 Å². The van der Waals surface area contributed by atoms with E-state index in [0.717, 1.165) is 17.4 Å². The minimum absolute atomic E-state index is 0.0133. The third-order valence-corrected chi connectivity index (χ3v) is 11.3. The van der Waals surface area contributed by atoms with Crippen LogP contribution < -0.4 is 5.56 Å². The fourth-order valence-electron chi connectivity index (χ4n) is 9.36. The zero-order valence-electron chi connectivity index (χ0n) is 21.8. The maximum Gasteiger partial charge on any atom is 0.255 e. The lowest BCUT2D eigenvalue weighted by atomic mass is 9.51. The Morgan fingerprint density at radius 3 is 2.68 bits per heavy atom. The van der Waals surface area contributed by atoms with Gasteiger partial charge in [-0.15, -0.1) is 0 Å². The largest absolute Gasteiger partial charge is 0.390 e. The molecule has 2 saturated carbocycles. The highest BCUT2D eigenvalue weighted by Gasteiger charge is 2.77. The maximum absolute atomic E-state index is 17.2. The molecule has 9 unspecified atom stereocenters. The Balaban J connectivity index is 1.28. The number of halogens is 1. The van der Waals surface area contributed by atoms with Crippen molar-refractivity contribution in [1.29, 1.82) is 0 Å². The molecule has 1 aromatic carbocycles. The Labute approximate surface area is 216 Å². The lowest BCUT2D eigenvalue weighted by Crippen LogP contribution is -2.72. The number of nitrogens with zero attached hydrogens (tertiary/aromatic N) is 1. The molecule has 3 heterocycles. The highest BCUT2D eigenvalue weighted by Crippen LogP contribution is 2.72. The number of hydrogen-bond donors (Lipinski definition) is 3. The first-order chi connectivity index (χ1) is 17.5. The Kier molecular flexibility index (Phi) is 4.89. The predicted octanol–water partition coefficient (Wildman–Crippen LogP) is 3.80. The van der Waals surface area contributed by atoms with Gasteiger partial charge in [0.15, 0.2) is 0 Å². The number of allylic oxidation sites excluding steroid dienone is 2. The molecule has 7 rings (SSSR count). The quantitative estimate of drug-likeness (QED) is 0.575. The first-order valence-corrected chi connectivity index (χ1v) is 13.8. The van der Waals surface area contributed by atoms with Crippen LogP contribution in [0.3, 0.4) is 0 Å². The molecule has 9 atom stereocenters. The number of fused-ring (bicyclic) bond motifs is 2. The van der Waals surface area contributed by atoms with E-state index in [4.69, 9.17) is 4.74 Å². The number of alkyl halides is 1. The zero-order chi connectivity index (χ0) is 26.0. The van der Waals surface area contributed by atoms with Crippen LogP contribution in [0.4, 0.5) is 4.39 Å². The second kappa shape index (κ2) is 7.53. The van der Waals surface area contributed by atoms with Crippen LogP contribution in [0.5, 0.6) is 0 Å².